The van der Waals surface area contributed by atoms with Crippen molar-refractivity contribution in [1.29, 1.82) is 0 Å². The summed E-state index contributed by atoms with van der Waals surface area (Å²) in [6.45, 7) is 0. The van der Waals surface area contributed by atoms with Crippen LogP contribution in [0.2, 0.25) is 0 Å². The number of thioether (sulfide) groups is 1. The van der Waals surface area contributed by atoms with E-state index < -0.39 is 9.84 Å². The number of sulfone groups is 1. The molecular formula is C6H11NO2S2. The van der Waals surface area contributed by atoms with Crippen molar-refractivity contribution in [2.24, 2.45) is 0 Å². The van der Waals surface area contributed by atoms with Gasteiger partial charge in [0.2, 0.25) is 0 Å². The Morgan fingerprint density at radius 1 is 1.18 bits per heavy atom. The molecule has 0 aliphatic carbocycles. The zero-order valence-corrected chi connectivity index (χ0v) is 7.75. The predicted octanol–water partition coefficient (Wildman–Crippen LogP) is -0.512. The minimum Gasteiger partial charge on any atom is -0.308 e. The van der Waals surface area contributed by atoms with Crippen molar-refractivity contribution in [2.45, 2.75) is 12.1 Å². The van der Waals surface area contributed by atoms with E-state index in [2.05, 4.69) is 5.32 Å². The Balaban J connectivity index is 1.74. The molecule has 3 nitrogen and oxygen atoms in total. The maximum absolute atomic E-state index is 10.7. The zero-order valence-electron chi connectivity index (χ0n) is 6.12. The molecule has 0 aromatic carbocycles. The van der Waals surface area contributed by atoms with Gasteiger partial charge in [-0.2, -0.15) is 11.8 Å². The lowest BCUT2D eigenvalue weighted by atomic mass is 10.3. The van der Waals surface area contributed by atoms with Crippen LogP contribution in [-0.2, 0) is 9.84 Å². The van der Waals surface area contributed by atoms with Crippen molar-refractivity contribution in [3.8, 4) is 0 Å². The second kappa shape index (κ2) is 2.64. The largest absolute Gasteiger partial charge is 0.308 e. The summed E-state index contributed by atoms with van der Waals surface area (Å²) >= 11 is 1.91. The second-order valence-electron chi connectivity index (χ2n) is 3.17. The van der Waals surface area contributed by atoms with Gasteiger partial charge in [-0.3, -0.25) is 0 Å². The monoisotopic (exact) mass is 193 g/mol. The first kappa shape index (κ1) is 7.89. The molecule has 0 unspecified atom stereocenters. The third-order valence-corrected chi connectivity index (χ3v) is 5.12. The molecular weight excluding hydrogens is 182 g/mol. The molecule has 5 heteroatoms. The lowest BCUT2D eigenvalue weighted by Gasteiger charge is -2.34. The first-order valence-corrected chi connectivity index (χ1v) is 6.67. The molecule has 0 bridgehead atoms. The van der Waals surface area contributed by atoms with E-state index in [1.807, 2.05) is 11.8 Å². The van der Waals surface area contributed by atoms with E-state index in [1.165, 1.54) is 0 Å². The van der Waals surface area contributed by atoms with Crippen LogP contribution >= 0.6 is 11.8 Å². The lowest BCUT2D eigenvalue weighted by molar-refractivity contribution is 0.474. The molecule has 0 amide bonds. The average molecular weight is 193 g/mol. The van der Waals surface area contributed by atoms with Crippen LogP contribution in [0.15, 0.2) is 0 Å². The summed E-state index contributed by atoms with van der Waals surface area (Å²) in [4.78, 5) is 0. The molecule has 0 aromatic heterocycles. The molecule has 2 aliphatic rings. The molecule has 0 spiro atoms. The van der Waals surface area contributed by atoms with E-state index in [0.29, 0.717) is 17.5 Å². The number of hydrogen-bond acceptors (Lipinski definition) is 4. The highest BCUT2D eigenvalue weighted by Crippen LogP contribution is 2.20. The maximum atomic E-state index is 10.7. The molecule has 1 N–H and O–H groups in total. The topological polar surface area (TPSA) is 46.2 Å². The Morgan fingerprint density at radius 3 is 2.18 bits per heavy atom. The van der Waals surface area contributed by atoms with Crippen LogP contribution in [0.1, 0.15) is 0 Å². The van der Waals surface area contributed by atoms with Crippen molar-refractivity contribution in [1.82, 2.24) is 5.32 Å². The molecule has 2 aliphatic heterocycles. The quantitative estimate of drug-likeness (QED) is 0.641. The summed E-state index contributed by atoms with van der Waals surface area (Å²) in [6, 6.07) is 0.839. The van der Waals surface area contributed by atoms with Crippen LogP contribution in [0.5, 0.6) is 0 Å². The van der Waals surface area contributed by atoms with Crippen LogP contribution < -0.4 is 5.32 Å². The third-order valence-electron chi connectivity index (χ3n) is 2.02. The summed E-state index contributed by atoms with van der Waals surface area (Å²) in [5.74, 6) is 3.01. The van der Waals surface area contributed by atoms with Crippen molar-refractivity contribution in [3.05, 3.63) is 0 Å². The van der Waals surface area contributed by atoms with Gasteiger partial charge < -0.3 is 5.32 Å². The average Bonchev–Trinajstić information content (AvgIpc) is 1.73. The highest BCUT2D eigenvalue weighted by Gasteiger charge is 2.35. The van der Waals surface area contributed by atoms with Crippen LogP contribution in [0.4, 0.5) is 0 Å². The van der Waals surface area contributed by atoms with Crippen LogP contribution in [0.3, 0.4) is 0 Å². The van der Waals surface area contributed by atoms with Gasteiger partial charge in [0.15, 0.2) is 9.84 Å². The Labute approximate surface area is 70.9 Å². The van der Waals surface area contributed by atoms with Crippen molar-refractivity contribution >= 4 is 21.6 Å². The first-order valence-electron chi connectivity index (χ1n) is 3.70. The van der Waals surface area contributed by atoms with Gasteiger partial charge in [-0.25, -0.2) is 8.42 Å². The van der Waals surface area contributed by atoms with E-state index in [1.54, 1.807) is 0 Å². The Bertz CT molecular complexity index is 233. The van der Waals surface area contributed by atoms with Gasteiger partial charge in [-0.1, -0.05) is 0 Å². The minimum absolute atomic E-state index is 0.255. The SMILES string of the molecule is O=S1(=O)CC(NC2CSC2)C1. The summed E-state index contributed by atoms with van der Waals surface area (Å²) < 4.78 is 21.5. The molecule has 2 rings (SSSR count). The number of rotatable bonds is 2. The van der Waals surface area contributed by atoms with E-state index in [0.717, 1.165) is 11.5 Å². The van der Waals surface area contributed by atoms with Gasteiger partial charge in [0.1, 0.15) is 0 Å². The summed E-state index contributed by atoms with van der Waals surface area (Å²) in [5.41, 5.74) is 0. The molecule has 2 fully saturated rings. The first-order chi connectivity index (χ1) is 5.16. The molecule has 0 radical (unpaired) electrons. The van der Waals surface area contributed by atoms with Gasteiger partial charge in [0, 0.05) is 23.6 Å². The second-order valence-corrected chi connectivity index (χ2v) is 6.40. The molecule has 11 heavy (non-hydrogen) atoms. The highest BCUT2D eigenvalue weighted by molar-refractivity contribution is 8.00. The molecule has 64 valence electrons. The Morgan fingerprint density at radius 2 is 1.82 bits per heavy atom. The summed E-state index contributed by atoms with van der Waals surface area (Å²) in [5, 5.41) is 3.31. The van der Waals surface area contributed by atoms with Crippen LogP contribution in [0.25, 0.3) is 0 Å². The van der Waals surface area contributed by atoms with E-state index in [-0.39, 0.29) is 6.04 Å². The fourth-order valence-corrected chi connectivity index (χ4v) is 3.31. The van der Waals surface area contributed by atoms with Gasteiger partial charge >= 0.3 is 0 Å². The van der Waals surface area contributed by atoms with Gasteiger partial charge in [0.25, 0.3) is 0 Å². The van der Waals surface area contributed by atoms with Crippen LogP contribution in [0, 0.1) is 0 Å². The fraction of sp³-hybridized carbons (Fsp3) is 1.00. The Kier molecular flexibility index (Phi) is 1.89. The highest BCUT2D eigenvalue weighted by atomic mass is 32.2. The summed E-state index contributed by atoms with van der Waals surface area (Å²) in [6.07, 6.45) is 0. The van der Waals surface area contributed by atoms with Crippen molar-refractivity contribution in [2.75, 3.05) is 23.0 Å². The van der Waals surface area contributed by atoms with Gasteiger partial charge in [0.05, 0.1) is 11.5 Å². The molecule has 2 saturated heterocycles. The lowest BCUT2D eigenvalue weighted by Crippen LogP contribution is -2.57. The molecule has 2 heterocycles. The molecule has 0 aromatic rings. The summed E-state index contributed by atoms with van der Waals surface area (Å²) in [7, 11) is -2.63. The normalized spacial score (nSPS) is 30.9. The van der Waals surface area contributed by atoms with E-state index in [9.17, 15) is 8.42 Å². The third kappa shape index (κ3) is 1.71. The van der Waals surface area contributed by atoms with E-state index >= 15 is 0 Å². The standard InChI is InChI=1S/C6H11NO2S2/c8-11(9)3-6(4-11)7-5-1-10-2-5/h5-7H,1-4H2. The number of nitrogens with one attached hydrogen (secondary N) is 1. The smallest absolute Gasteiger partial charge is 0.153 e. The van der Waals surface area contributed by atoms with Crippen LogP contribution in [-0.4, -0.2) is 43.5 Å². The number of hydrogen-bond donors (Lipinski definition) is 1. The maximum Gasteiger partial charge on any atom is 0.153 e. The predicted molar refractivity (Wildman–Crippen MR) is 46.7 cm³/mol. The Hall–Kier alpha value is 0.260. The molecule has 0 saturated carbocycles. The minimum atomic E-state index is -2.63. The van der Waals surface area contributed by atoms with E-state index in [4.69, 9.17) is 0 Å². The van der Waals surface area contributed by atoms with Gasteiger partial charge in [-0.15, -0.1) is 0 Å². The van der Waals surface area contributed by atoms with Crippen molar-refractivity contribution in [3.63, 3.8) is 0 Å². The fourth-order valence-electron chi connectivity index (χ4n) is 1.33. The zero-order chi connectivity index (χ0) is 7.90. The molecule has 0 atom stereocenters. The van der Waals surface area contributed by atoms with Gasteiger partial charge in [-0.05, 0) is 0 Å². The van der Waals surface area contributed by atoms with Crippen molar-refractivity contribution < 1.29 is 8.42 Å².